The molecule has 2 aromatic rings. The van der Waals surface area contributed by atoms with Crippen molar-refractivity contribution in [3.63, 3.8) is 0 Å². The maximum Gasteiger partial charge on any atom is 0.338 e. The number of hydrogen-bond acceptors (Lipinski definition) is 8. The Bertz CT molecular complexity index is 778. The van der Waals surface area contributed by atoms with Gasteiger partial charge < -0.3 is 10.1 Å². The number of carbonyl (C=O) groups is 1. The summed E-state index contributed by atoms with van der Waals surface area (Å²) in [5.41, 5.74) is -0.170. The molecule has 1 N–H and O–H groups in total. The highest BCUT2D eigenvalue weighted by atomic mass is 16.6. The number of hydrogen-bond donors (Lipinski definition) is 1. The number of rotatable bonds is 8. The van der Waals surface area contributed by atoms with Crippen LogP contribution >= 0.6 is 0 Å². The molecule has 1 heterocycles. The quantitative estimate of drug-likeness (QED) is 0.333. The molecule has 0 radical (unpaired) electrons. The third-order valence-electron chi connectivity index (χ3n) is 3.11. The van der Waals surface area contributed by atoms with Crippen LogP contribution in [0.5, 0.6) is 0 Å². The minimum atomic E-state index is -0.642. The van der Waals surface area contributed by atoms with Crippen LogP contribution in [0.15, 0.2) is 42.6 Å². The van der Waals surface area contributed by atoms with Crippen LogP contribution < -0.4 is 5.32 Å². The standard InChI is InChI=1S/C15H14N4O6/c20-15(11-3-1-4-12(9-11)18(21)22)25-8-2-7-16-14-6-5-13(10-17-14)19(23)24/h1,3-6,9-10H,2,7-8H2,(H,16,17). The highest BCUT2D eigenvalue weighted by molar-refractivity contribution is 5.90. The van der Waals surface area contributed by atoms with E-state index in [9.17, 15) is 25.0 Å². The van der Waals surface area contributed by atoms with Gasteiger partial charge in [0.1, 0.15) is 12.0 Å². The molecule has 25 heavy (non-hydrogen) atoms. The summed E-state index contributed by atoms with van der Waals surface area (Å²) in [6, 6.07) is 8.11. The van der Waals surface area contributed by atoms with E-state index in [1.54, 1.807) is 0 Å². The zero-order valence-corrected chi connectivity index (χ0v) is 13.0. The Morgan fingerprint density at radius 1 is 1.12 bits per heavy atom. The predicted octanol–water partition coefficient (Wildman–Crippen LogP) is 2.56. The Morgan fingerprint density at radius 3 is 2.52 bits per heavy atom. The lowest BCUT2D eigenvalue weighted by Gasteiger charge is -2.06. The predicted molar refractivity (Wildman–Crippen MR) is 87.4 cm³/mol. The van der Waals surface area contributed by atoms with Crippen LogP contribution in [0.1, 0.15) is 16.8 Å². The number of nitrogens with one attached hydrogen (secondary N) is 1. The van der Waals surface area contributed by atoms with Gasteiger partial charge in [0, 0.05) is 24.7 Å². The topological polar surface area (TPSA) is 138 Å². The number of nitro groups is 2. The van der Waals surface area contributed by atoms with Crippen LogP contribution in [0.4, 0.5) is 17.2 Å². The number of nitrogens with zero attached hydrogens (tertiary/aromatic N) is 3. The Morgan fingerprint density at radius 2 is 1.88 bits per heavy atom. The summed E-state index contributed by atoms with van der Waals surface area (Å²) in [5.74, 6) is -0.173. The molecule has 0 fully saturated rings. The second kappa shape index (κ2) is 8.34. The molecule has 0 spiro atoms. The van der Waals surface area contributed by atoms with Gasteiger partial charge in [-0.2, -0.15) is 0 Å². The molecular formula is C15H14N4O6. The van der Waals surface area contributed by atoms with Crippen molar-refractivity contribution in [2.45, 2.75) is 6.42 Å². The number of anilines is 1. The summed E-state index contributed by atoms with van der Waals surface area (Å²) in [6.07, 6.45) is 1.62. The number of aromatic nitrogens is 1. The Labute approximate surface area is 141 Å². The van der Waals surface area contributed by atoms with Gasteiger partial charge in [-0.05, 0) is 18.6 Å². The van der Waals surface area contributed by atoms with Gasteiger partial charge in [0.05, 0.1) is 22.0 Å². The van der Waals surface area contributed by atoms with Gasteiger partial charge in [0.25, 0.3) is 11.4 Å². The van der Waals surface area contributed by atoms with Gasteiger partial charge in [-0.25, -0.2) is 9.78 Å². The first-order valence-corrected chi connectivity index (χ1v) is 7.23. The summed E-state index contributed by atoms with van der Waals surface area (Å²) in [4.78, 5) is 35.8. The Hall–Kier alpha value is -3.56. The van der Waals surface area contributed by atoms with Crippen LogP contribution in [0.2, 0.25) is 0 Å². The molecule has 0 amide bonds. The molecule has 0 atom stereocenters. The van der Waals surface area contributed by atoms with Crippen molar-refractivity contribution in [3.8, 4) is 0 Å². The number of benzene rings is 1. The van der Waals surface area contributed by atoms with E-state index in [0.29, 0.717) is 18.8 Å². The van der Waals surface area contributed by atoms with Crippen LogP contribution in [-0.2, 0) is 4.74 Å². The first-order chi connectivity index (χ1) is 12.0. The van der Waals surface area contributed by atoms with Crippen LogP contribution in [0, 0.1) is 20.2 Å². The molecule has 1 aromatic heterocycles. The minimum absolute atomic E-state index is 0.101. The monoisotopic (exact) mass is 346 g/mol. The smallest absolute Gasteiger partial charge is 0.338 e. The van der Waals surface area contributed by atoms with Crippen molar-refractivity contribution in [2.24, 2.45) is 0 Å². The van der Waals surface area contributed by atoms with E-state index in [0.717, 1.165) is 12.3 Å². The van der Waals surface area contributed by atoms with Crippen LogP contribution in [-0.4, -0.2) is 34.0 Å². The van der Waals surface area contributed by atoms with Crippen LogP contribution in [0.25, 0.3) is 0 Å². The van der Waals surface area contributed by atoms with E-state index in [-0.39, 0.29) is 23.5 Å². The van der Waals surface area contributed by atoms with Gasteiger partial charge in [0.2, 0.25) is 0 Å². The summed E-state index contributed by atoms with van der Waals surface area (Å²) >= 11 is 0. The van der Waals surface area contributed by atoms with E-state index in [1.807, 2.05) is 0 Å². The summed E-state index contributed by atoms with van der Waals surface area (Å²) in [6.45, 7) is 0.550. The summed E-state index contributed by atoms with van der Waals surface area (Å²) < 4.78 is 5.04. The van der Waals surface area contributed by atoms with E-state index in [1.165, 1.54) is 30.3 Å². The van der Waals surface area contributed by atoms with Crippen LogP contribution in [0.3, 0.4) is 0 Å². The molecule has 0 aliphatic carbocycles. The molecule has 10 nitrogen and oxygen atoms in total. The first kappa shape index (κ1) is 17.8. The Balaban J connectivity index is 1.73. The molecule has 1 aromatic carbocycles. The first-order valence-electron chi connectivity index (χ1n) is 7.23. The van der Waals surface area contributed by atoms with Crippen molar-refractivity contribution in [2.75, 3.05) is 18.5 Å². The molecule has 0 aliphatic heterocycles. The largest absolute Gasteiger partial charge is 0.462 e. The average molecular weight is 346 g/mol. The fraction of sp³-hybridized carbons (Fsp3) is 0.200. The van der Waals surface area contributed by atoms with Gasteiger partial charge in [0.15, 0.2) is 0 Å². The molecule has 0 saturated heterocycles. The lowest BCUT2D eigenvalue weighted by atomic mass is 10.2. The number of ether oxygens (including phenoxy) is 1. The molecule has 0 unspecified atom stereocenters. The van der Waals surface area contributed by atoms with Gasteiger partial charge >= 0.3 is 5.97 Å². The van der Waals surface area contributed by atoms with Gasteiger partial charge in [-0.15, -0.1) is 0 Å². The molecule has 2 rings (SSSR count). The summed E-state index contributed by atoms with van der Waals surface area (Å²) in [5, 5.41) is 24.1. The SMILES string of the molecule is O=C(OCCCNc1ccc([N+](=O)[O-])cn1)c1cccc([N+](=O)[O-])c1. The van der Waals surface area contributed by atoms with Crippen molar-refractivity contribution in [3.05, 3.63) is 68.4 Å². The molecule has 10 heteroatoms. The zero-order valence-electron chi connectivity index (χ0n) is 13.0. The number of carbonyl (C=O) groups excluding carboxylic acids is 1. The highest BCUT2D eigenvalue weighted by Gasteiger charge is 2.12. The lowest BCUT2D eigenvalue weighted by Crippen LogP contribution is -2.11. The fourth-order valence-corrected chi connectivity index (χ4v) is 1.88. The van der Waals surface area contributed by atoms with Crippen molar-refractivity contribution in [1.29, 1.82) is 0 Å². The number of non-ortho nitro benzene ring substituents is 1. The third-order valence-corrected chi connectivity index (χ3v) is 3.11. The maximum atomic E-state index is 11.8. The third kappa shape index (κ3) is 5.23. The van der Waals surface area contributed by atoms with E-state index >= 15 is 0 Å². The molecule has 0 bridgehead atoms. The van der Waals surface area contributed by atoms with E-state index in [2.05, 4.69) is 10.3 Å². The lowest BCUT2D eigenvalue weighted by molar-refractivity contribution is -0.385. The Kier molecular flexibility index (Phi) is 5.93. The van der Waals surface area contributed by atoms with E-state index in [4.69, 9.17) is 4.74 Å². The molecule has 0 saturated carbocycles. The zero-order chi connectivity index (χ0) is 18.2. The number of esters is 1. The number of nitro benzene ring substituents is 1. The van der Waals surface area contributed by atoms with Crippen molar-refractivity contribution >= 4 is 23.2 Å². The molecule has 130 valence electrons. The van der Waals surface area contributed by atoms with Gasteiger partial charge in [-0.1, -0.05) is 6.07 Å². The minimum Gasteiger partial charge on any atom is -0.462 e. The van der Waals surface area contributed by atoms with Crippen molar-refractivity contribution in [1.82, 2.24) is 4.98 Å². The maximum absolute atomic E-state index is 11.8. The van der Waals surface area contributed by atoms with E-state index < -0.39 is 15.8 Å². The average Bonchev–Trinajstić information content (AvgIpc) is 2.61. The summed E-state index contributed by atoms with van der Waals surface area (Å²) in [7, 11) is 0. The van der Waals surface area contributed by atoms with Gasteiger partial charge in [-0.3, -0.25) is 20.2 Å². The highest BCUT2D eigenvalue weighted by Crippen LogP contribution is 2.14. The fourth-order valence-electron chi connectivity index (χ4n) is 1.88. The second-order valence-electron chi connectivity index (χ2n) is 4.88. The molecule has 0 aliphatic rings. The number of pyridine rings is 1. The second-order valence-corrected chi connectivity index (χ2v) is 4.88. The molecular weight excluding hydrogens is 332 g/mol. The van der Waals surface area contributed by atoms with Crippen molar-refractivity contribution < 1.29 is 19.4 Å². The normalized spacial score (nSPS) is 10.1.